The second kappa shape index (κ2) is 9.68. The Morgan fingerprint density at radius 1 is 1.24 bits per heavy atom. The number of ether oxygens (including phenoxy) is 1. The van der Waals surface area contributed by atoms with E-state index in [4.69, 9.17) is 22.1 Å². The smallest absolute Gasteiger partial charge is 0.307 e. The maximum atomic E-state index is 12.2. The van der Waals surface area contributed by atoms with Gasteiger partial charge in [0.05, 0.1) is 6.42 Å². The normalized spacial score (nSPS) is 17.2. The van der Waals surface area contributed by atoms with E-state index in [-0.39, 0.29) is 18.9 Å². The van der Waals surface area contributed by atoms with Crippen molar-refractivity contribution in [1.29, 1.82) is 0 Å². The SMILES string of the molecule is NC(=O)[C@H]1CCCCN1C(=O)COC(=O)CCSc1ccc(Cl)cc1. The molecule has 6 nitrogen and oxygen atoms in total. The van der Waals surface area contributed by atoms with Gasteiger partial charge in [-0.2, -0.15) is 0 Å². The fourth-order valence-corrected chi connectivity index (χ4v) is 3.57. The molecule has 0 bridgehead atoms. The minimum Gasteiger partial charge on any atom is -0.456 e. The summed E-state index contributed by atoms with van der Waals surface area (Å²) >= 11 is 7.32. The predicted molar refractivity (Wildman–Crippen MR) is 96.3 cm³/mol. The van der Waals surface area contributed by atoms with Crippen molar-refractivity contribution in [2.24, 2.45) is 5.73 Å². The molecule has 0 saturated carbocycles. The van der Waals surface area contributed by atoms with Gasteiger partial charge in [0.2, 0.25) is 5.91 Å². The molecule has 0 aromatic heterocycles. The molecule has 1 aromatic rings. The number of thioether (sulfide) groups is 1. The summed E-state index contributed by atoms with van der Waals surface area (Å²) < 4.78 is 5.03. The van der Waals surface area contributed by atoms with Crippen LogP contribution in [0.25, 0.3) is 0 Å². The highest BCUT2D eigenvalue weighted by Gasteiger charge is 2.30. The number of carbonyl (C=O) groups excluding carboxylic acids is 3. The molecule has 0 unspecified atom stereocenters. The minimum absolute atomic E-state index is 0.194. The molecule has 2 N–H and O–H groups in total. The van der Waals surface area contributed by atoms with Crippen molar-refractivity contribution in [3.05, 3.63) is 29.3 Å². The summed E-state index contributed by atoms with van der Waals surface area (Å²) in [5.74, 6) is -0.786. The van der Waals surface area contributed by atoms with E-state index in [9.17, 15) is 14.4 Å². The summed E-state index contributed by atoms with van der Waals surface area (Å²) in [7, 11) is 0. The summed E-state index contributed by atoms with van der Waals surface area (Å²) in [6, 6.07) is 6.73. The predicted octanol–water partition coefficient (Wildman–Crippen LogP) is 2.23. The molecule has 1 fully saturated rings. The number of likely N-dealkylation sites (tertiary alicyclic amines) is 1. The van der Waals surface area contributed by atoms with Gasteiger partial charge in [-0.3, -0.25) is 14.4 Å². The maximum Gasteiger partial charge on any atom is 0.307 e. The van der Waals surface area contributed by atoms with E-state index in [0.29, 0.717) is 23.7 Å². The first-order chi connectivity index (χ1) is 12.0. The van der Waals surface area contributed by atoms with Crippen LogP contribution in [0.1, 0.15) is 25.7 Å². The van der Waals surface area contributed by atoms with Gasteiger partial charge in [-0.1, -0.05) is 11.6 Å². The molecule has 1 aliphatic heterocycles. The van der Waals surface area contributed by atoms with Crippen LogP contribution in [0.4, 0.5) is 0 Å². The van der Waals surface area contributed by atoms with Gasteiger partial charge in [-0.15, -0.1) is 11.8 Å². The van der Waals surface area contributed by atoms with Crippen molar-refractivity contribution in [2.75, 3.05) is 18.9 Å². The van der Waals surface area contributed by atoms with Gasteiger partial charge >= 0.3 is 5.97 Å². The van der Waals surface area contributed by atoms with Crippen LogP contribution in [0.3, 0.4) is 0 Å². The Hall–Kier alpha value is -1.73. The van der Waals surface area contributed by atoms with Crippen molar-refractivity contribution in [1.82, 2.24) is 4.90 Å². The zero-order chi connectivity index (χ0) is 18.2. The molecule has 1 heterocycles. The molecular weight excluding hydrogens is 364 g/mol. The van der Waals surface area contributed by atoms with Gasteiger partial charge in [0, 0.05) is 22.2 Å². The van der Waals surface area contributed by atoms with Crippen LogP contribution in [-0.4, -0.2) is 47.6 Å². The fraction of sp³-hybridized carbons (Fsp3) is 0.471. The number of amides is 2. The zero-order valence-corrected chi connectivity index (χ0v) is 15.4. The molecule has 8 heteroatoms. The average molecular weight is 385 g/mol. The van der Waals surface area contributed by atoms with Gasteiger partial charge in [-0.25, -0.2) is 0 Å². The Morgan fingerprint density at radius 3 is 2.64 bits per heavy atom. The van der Waals surface area contributed by atoms with Crippen molar-refractivity contribution in [3.63, 3.8) is 0 Å². The Morgan fingerprint density at radius 2 is 1.96 bits per heavy atom. The van der Waals surface area contributed by atoms with Crippen molar-refractivity contribution >= 4 is 41.1 Å². The number of rotatable bonds is 7. The van der Waals surface area contributed by atoms with Crippen molar-refractivity contribution < 1.29 is 19.1 Å². The number of nitrogens with zero attached hydrogens (tertiary/aromatic N) is 1. The second-order valence-electron chi connectivity index (χ2n) is 5.71. The highest BCUT2D eigenvalue weighted by molar-refractivity contribution is 7.99. The number of hydrogen-bond acceptors (Lipinski definition) is 5. The summed E-state index contributed by atoms with van der Waals surface area (Å²) in [5, 5.41) is 0.661. The van der Waals surface area contributed by atoms with E-state index in [2.05, 4.69) is 0 Å². The number of esters is 1. The highest BCUT2D eigenvalue weighted by Crippen LogP contribution is 2.21. The molecule has 2 rings (SSSR count). The first kappa shape index (κ1) is 19.6. The van der Waals surface area contributed by atoms with E-state index in [0.717, 1.165) is 17.7 Å². The summed E-state index contributed by atoms with van der Waals surface area (Å²) in [4.78, 5) is 37.8. The molecule has 1 aliphatic rings. The third-order valence-corrected chi connectivity index (χ3v) is 5.16. The van der Waals surface area contributed by atoms with Crippen molar-refractivity contribution in [2.45, 2.75) is 36.6 Å². The molecule has 25 heavy (non-hydrogen) atoms. The van der Waals surface area contributed by atoms with Crippen LogP contribution in [0.15, 0.2) is 29.2 Å². The third kappa shape index (κ3) is 6.25. The summed E-state index contributed by atoms with van der Waals surface area (Å²) in [6.45, 7) is 0.116. The van der Waals surface area contributed by atoms with Crippen molar-refractivity contribution in [3.8, 4) is 0 Å². The van der Waals surface area contributed by atoms with Gasteiger partial charge in [-0.05, 0) is 43.5 Å². The number of primary amides is 1. The quantitative estimate of drug-likeness (QED) is 0.575. The second-order valence-corrected chi connectivity index (χ2v) is 7.32. The van der Waals surface area contributed by atoms with Gasteiger partial charge < -0.3 is 15.4 Å². The highest BCUT2D eigenvalue weighted by atomic mass is 35.5. The maximum absolute atomic E-state index is 12.2. The largest absolute Gasteiger partial charge is 0.456 e. The topological polar surface area (TPSA) is 89.7 Å². The third-order valence-electron chi connectivity index (χ3n) is 3.90. The molecule has 1 aromatic carbocycles. The monoisotopic (exact) mass is 384 g/mol. The Kier molecular flexibility index (Phi) is 7.58. The fourth-order valence-electron chi connectivity index (χ4n) is 2.61. The lowest BCUT2D eigenvalue weighted by Gasteiger charge is -2.33. The molecule has 2 amide bonds. The number of benzene rings is 1. The molecule has 136 valence electrons. The first-order valence-electron chi connectivity index (χ1n) is 8.10. The van der Waals surface area contributed by atoms with Crippen LogP contribution in [0.5, 0.6) is 0 Å². The lowest BCUT2D eigenvalue weighted by molar-refractivity contribution is -0.154. The number of piperidine rings is 1. The summed E-state index contributed by atoms with van der Waals surface area (Å²) in [6.07, 6.45) is 2.44. The molecular formula is C17H21ClN2O4S. The molecule has 1 saturated heterocycles. The van der Waals surface area contributed by atoms with Crippen LogP contribution < -0.4 is 5.73 Å². The van der Waals surface area contributed by atoms with Crippen LogP contribution in [0, 0.1) is 0 Å². The van der Waals surface area contributed by atoms with E-state index < -0.39 is 17.9 Å². The van der Waals surface area contributed by atoms with Crippen LogP contribution >= 0.6 is 23.4 Å². The molecule has 0 radical (unpaired) electrons. The number of carbonyl (C=O) groups is 3. The number of halogens is 1. The Bertz CT molecular complexity index is 624. The van der Waals surface area contributed by atoms with Gasteiger partial charge in [0.1, 0.15) is 6.04 Å². The lowest BCUT2D eigenvalue weighted by Crippen LogP contribution is -2.51. The summed E-state index contributed by atoms with van der Waals surface area (Å²) in [5.41, 5.74) is 5.33. The number of nitrogens with two attached hydrogens (primary N) is 1. The first-order valence-corrected chi connectivity index (χ1v) is 9.46. The number of hydrogen-bond donors (Lipinski definition) is 1. The molecule has 1 atom stereocenters. The van der Waals surface area contributed by atoms with E-state index in [1.54, 1.807) is 12.1 Å². The Balaban J connectivity index is 1.70. The standard InChI is InChI=1S/C17H21ClN2O4S/c18-12-4-6-13(7-5-12)25-10-8-16(22)24-11-15(21)20-9-2-1-3-14(20)17(19)23/h4-7,14H,1-3,8-11H2,(H2,19,23)/t14-/m1/s1. The van der Waals surface area contributed by atoms with Crippen LogP contribution in [0.2, 0.25) is 5.02 Å². The minimum atomic E-state index is -0.597. The van der Waals surface area contributed by atoms with Crippen LogP contribution in [-0.2, 0) is 19.1 Å². The Labute approximate surface area is 156 Å². The lowest BCUT2D eigenvalue weighted by atomic mass is 10.0. The molecule has 0 aliphatic carbocycles. The van der Waals surface area contributed by atoms with Gasteiger partial charge in [0.25, 0.3) is 5.91 Å². The van der Waals surface area contributed by atoms with E-state index >= 15 is 0 Å². The van der Waals surface area contributed by atoms with E-state index in [1.807, 2.05) is 12.1 Å². The molecule has 0 spiro atoms. The van der Waals surface area contributed by atoms with Gasteiger partial charge in [0.15, 0.2) is 6.61 Å². The zero-order valence-electron chi connectivity index (χ0n) is 13.8. The van der Waals surface area contributed by atoms with E-state index in [1.165, 1.54) is 16.7 Å². The average Bonchev–Trinajstić information content (AvgIpc) is 2.61.